The molecule has 0 aromatic carbocycles. The van der Waals surface area contributed by atoms with Gasteiger partial charge in [0.15, 0.2) is 0 Å². The minimum absolute atomic E-state index is 0.0466. The van der Waals surface area contributed by atoms with Gasteiger partial charge in [0.2, 0.25) is 11.8 Å². The molecule has 0 bridgehead atoms. The van der Waals surface area contributed by atoms with Gasteiger partial charge in [0, 0.05) is 50.0 Å². The van der Waals surface area contributed by atoms with Gasteiger partial charge in [-0.25, -0.2) is 8.78 Å². The lowest BCUT2D eigenvalue weighted by Gasteiger charge is -2.26. The lowest BCUT2D eigenvalue weighted by molar-refractivity contribution is -0.118. The summed E-state index contributed by atoms with van der Waals surface area (Å²) in [6.45, 7) is 2.48. The summed E-state index contributed by atoms with van der Waals surface area (Å²) in [4.78, 5) is 10.9. The predicted molar refractivity (Wildman–Crippen MR) is 76.9 cm³/mol. The molecule has 0 saturated heterocycles. The van der Waals surface area contributed by atoms with E-state index in [1.807, 2.05) is 0 Å². The van der Waals surface area contributed by atoms with E-state index in [4.69, 9.17) is 0 Å². The Morgan fingerprint density at radius 2 is 1.96 bits per heavy atom. The van der Waals surface area contributed by atoms with E-state index in [-0.39, 0.29) is 31.6 Å². The molecule has 1 unspecified atom stereocenters. The summed E-state index contributed by atoms with van der Waals surface area (Å²) in [6, 6.07) is 0. The Bertz CT molecular complexity index is 483. The third-order valence-corrected chi connectivity index (χ3v) is 3.60. The highest BCUT2D eigenvalue weighted by Crippen LogP contribution is 2.36. The Labute approximate surface area is 132 Å². The van der Waals surface area contributed by atoms with Crippen LogP contribution in [0.3, 0.4) is 0 Å². The first-order valence-corrected chi connectivity index (χ1v) is 7.40. The Hall–Kier alpha value is -1.44. The number of carbonyl (C=O) groups excluding carboxylic acids is 1. The van der Waals surface area contributed by atoms with Gasteiger partial charge in [0.25, 0.3) is 0 Å². The van der Waals surface area contributed by atoms with E-state index in [2.05, 4.69) is 10.6 Å². The fraction of sp³-hybridized carbons (Fsp3) is 0.667. The minimum Gasteiger partial charge on any atom is -0.327 e. The number of halogens is 5. The Morgan fingerprint density at radius 3 is 2.48 bits per heavy atom. The van der Waals surface area contributed by atoms with Gasteiger partial charge in [-0.3, -0.25) is 4.79 Å². The normalized spacial score (nSPS) is 19.2. The molecule has 2 N–H and O–H groups in total. The van der Waals surface area contributed by atoms with Crippen molar-refractivity contribution in [1.29, 1.82) is 0 Å². The summed E-state index contributed by atoms with van der Waals surface area (Å²) in [5.41, 5.74) is -0.655. The van der Waals surface area contributed by atoms with Crippen molar-refractivity contribution in [3.05, 3.63) is 23.4 Å². The first kappa shape index (κ1) is 19.6. The van der Waals surface area contributed by atoms with Crippen LogP contribution in [0.2, 0.25) is 0 Å². The number of hydrogen-bond acceptors (Lipinski definition) is 2. The third-order valence-electron chi connectivity index (χ3n) is 3.60. The van der Waals surface area contributed by atoms with Crippen molar-refractivity contribution in [2.24, 2.45) is 5.92 Å². The maximum Gasteiger partial charge on any atom is 0.413 e. The number of rotatable bonds is 7. The van der Waals surface area contributed by atoms with Crippen molar-refractivity contribution in [1.82, 2.24) is 10.6 Å². The van der Waals surface area contributed by atoms with Crippen molar-refractivity contribution in [2.45, 2.75) is 45.2 Å². The van der Waals surface area contributed by atoms with Crippen LogP contribution in [0, 0.1) is 5.92 Å². The summed E-state index contributed by atoms with van der Waals surface area (Å²) in [5.74, 6) is -4.11. The van der Waals surface area contributed by atoms with Gasteiger partial charge in [-0.1, -0.05) is 13.0 Å². The molecule has 0 aliphatic heterocycles. The quantitative estimate of drug-likeness (QED) is 0.550. The fourth-order valence-corrected chi connectivity index (χ4v) is 2.26. The summed E-state index contributed by atoms with van der Waals surface area (Å²) >= 11 is 0. The van der Waals surface area contributed by atoms with Gasteiger partial charge in [-0.2, -0.15) is 13.2 Å². The molecule has 0 aromatic rings. The number of nitrogens with one attached hydrogen (secondary N) is 2. The van der Waals surface area contributed by atoms with E-state index in [0.717, 1.165) is 6.08 Å². The second-order valence-corrected chi connectivity index (χ2v) is 5.53. The van der Waals surface area contributed by atoms with Crippen LogP contribution in [0.1, 0.15) is 33.1 Å². The highest BCUT2D eigenvalue weighted by Gasteiger charge is 2.39. The summed E-state index contributed by atoms with van der Waals surface area (Å²) in [7, 11) is 0. The van der Waals surface area contributed by atoms with Crippen molar-refractivity contribution in [3.63, 3.8) is 0 Å². The van der Waals surface area contributed by atoms with Gasteiger partial charge in [0.05, 0.1) is 0 Å². The Morgan fingerprint density at radius 1 is 1.30 bits per heavy atom. The smallest absolute Gasteiger partial charge is 0.327 e. The second kappa shape index (κ2) is 7.90. The lowest BCUT2D eigenvalue weighted by atomic mass is 9.89. The highest BCUT2D eigenvalue weighted by atomic mass is 19.4. The fourth-order valence-electron chi connectivity index (χ4n) is 2.26. The van der Waals surface area contributed by atoms with E-state index < -0.39 is 35.9 Å². The molecule has 1 atom stereocenters. The molecule has 0 fully saturated rings. The SMILES string of the molecule is CCC(F)(F)CCNCC1CC=C(NC(C)=O)C=C1C(F)(F)F. The number of hydrogen-bond donors (Lipinski definition) is 2. The molecule has 0 saturated carbocycles. The van der Waals surface area contributed by atoms with Crippen molar-refractivity contribution >= 4 is 5.91 Å². The number of alkyl halides is 5. The monoisotopic (exact) mass is 340 g/mol. The lowest BCUT2D eigenvalue weighted by Crippen LogP contribution is -2.34. The molecule has 23 heavy (non-hydrogen) atoms. The van der Waals surface area contributed by atoms with Crippen molar-refractivity contribution < 1.29 is 26.7 Å². The molecule has 8 heteroatoms. The molecule has 132 valence electrons. The molecule has 1 rings (SSSR count). The Kier molecular flexibility index (Phi) is 6.73. The van der Waals surface area contributed by atoms with E-state index in [0.29, 0.717) is 0 Å². The predicted octanol–water partition coefficient (Wildman–Crippen LogP) is 3.54. The van der Waals surface area contributed by atoms with Gasteiger partial charge in [-0.15, -0.1) is 0 Å². The number of allylic oxidation sites excluding steroid dienone is 2. The first-order chi connectivity index (χ1) is 10.5. The third kappa shape index (κ3) is 6.68. The molecule has 1 aliphatic rings. The van der Waals surface area contributed by atoms with Crippen molar-refractivity contribution in [3.8, 4) is 0 Å². The number of amides is 1. The Balaban J connectivity index is 2.64. The largest absolute Gasteiger partial charge is 0.413 e. The summed E-state index contributed by atoms with van der Waals surface area (Å²) in [5, 5.41) is 4.99. The van der Waals surface area contributed by atoms with Gasteiger partial charge in [0.1, 0.15) is 0 Å². The van der Waals surface area contributed by atoms with Crippen LogP contribution in [0.25, 0.3) is 0 Å². The summed E-state index contributed by atoms with van der Waals surface area (Å²) in [6.07, 6.45) is -2.75. The van der Waals surface area contributed by atoms with Crippen LogP contribution < -0.4 is 10.6 Å². The summed E-state index contributed by atoms with van der Waals surface area (Å²) < 4.78 is 65.4. The number of carbonyl (C=O) groups is 1. The zero-order chi connectivity index (χ0) is 17.7. The average molecular weight is 340 g/mol. The molecule has 1 amide bonds. The van der Waals surface area contributed by atoms with E-state index in [1.54, 1.807) is 0 Å². The van der Waals surface area contributed by atoms with Crippen LogP contribution in [0.15, 0.2) is 23.4 Å². The van der Waals surface area contributed by atoms with Crippen LogP contribution in [-0.2, 0) is 4.79 Å². The van der Waals surface area contributed by atoms with Crippen LogP contribution in [-0.4, -0.2) is 31.1 Å². The highest BCUT2D eigenvalue weighted by molar-refractivity contribution is 5.75. The maximum absolute atomic E-state index is 13.1. The van der Waals surface area contributed by atoms with Crippen LogP contribution in [0.5, 0.6) is 0 Å². The zero-order valence-electron chi connectivity index (χ0n) is 13.1. The van der Waals surface area contributed by atoms with E-state index >= 15 is 0 Å². The second-order valence-electron chi connectivity index (χ2n) is 5.53. The molecule has 3 nitrogen and oxygen atoms in total. The first-order valence-electron chi connectivity index (χ1n) is 7.40. The van der Waals surface area contributed by atoms with E-state index in [9.17, 15) is 26.7 Å². The molecule has 0 aromatic heterocycles. The molecular formula is C15H21F5N2O. The van der Waals surface area contributed by atoms with Crippen molar-refractivity contribution in [2.75, 3.05) is 13.1 Å². The van der Waals surface area contributed by atoms with Crippen LogP contribution in [0.4, 0.5) is 22.0 Å². The molecule has 1 aliphatic carbocycles. The maximum atomic E-state index is 13.1. The molecule has 0 radical (unpaired) electrons. The zero-order valence-corrected chi connectivity index (χ0v) is 13.1. The van der Waals surface area contributed by atoms with Gasteiger partial charge < -0.3 is 10.6 Å². The molecular weight excluding hydrogens is 319 g/mol. The standard InChI is InChI=1S/C15H21F5N2O/c1-3-14(16,17)6-7-21-9-11-4-5-12(22-10(2)23)8-13(11)15(18,19)20/h5,8,11,21H,3-4,6-7,9H2,1-2H3,(H,22,23). The molecule has 0 spiro atoms. The van der Waals surface area contributed by atoms with E-state index in [1.165, 1.54) is 19.9 Å². The average Bonchev–Trinajstić information content (AvgIpc) is 2.43. The van der Waals surface area contributed by atoms with Crippen LogP contribution >= 0.6 is 0 Å². The minimum atomic E-state index is -4.53. The molecule has 0 heterocycles. The van der Waals surface area contributed by atoms with Gasteiger partial charge in [-0.05, 0) is 12.5 Å². The van der Waals surface area contributed by atoms with Gasteiger partial charge >= 0.3 is 6.18 Å². The topological polar surface area (TPSA) is 41.1 Å².